The van der Waals surface area contributed by atoms with Gasteiger partial charge in [-0.3, -0.25) is 0 Å². The van der Waals surface area contributed by atoms with Crippen LogP contribution in [0.1, 0.15) is 50.3 Å². The van der Waals surface area contributed by atoms with Crippen LogP contribution in [-0.4, -0.2) is 53.7 Å². The standard InChI is InChI=1S/C26H36IN5O/c1-3-24-23(18-22(19-27)33-2)25(30-26(29-24)32-14-8-5-9-15-32)28-20-12-16-31(17-13-20)21-10-6-4-7-11-21/h4,6-7,10-11,18,20H,3,5,8-9,12-17,19H2,1-2H3,(H,28,29,30)/b22-18+. The van der Waals surface area contributed by atoms with Crippen LogP contribution in [0.4, 0.5) is 17.5 Å². The van der Waals surface area contributed by atoms with Crippen molar-refractivity contribution in [1.29, 1.82) is 0 Å². The molecule has 2 aromatic rings. The summed E-state index contributed by atoms with van der Waals surface area (Å²) in [7, 11) is 1.74. The van der Waals surface area contributed by atoms with E-state index in [0.29, 0.717) is 6.04 Å². The van der Waals surface area contributed by atoms with Crippen molar-refractivity contribution in [2.24, 2.45) is 0 Å². The molecular weight excluding hydrogens is 525 g/mol. The molecule has 6 nitrogen and oxygen atoms in total. The number of aromatic nitrogens is 2. The predicted molar refractivity (Wildman–Crippen MR) is 147 cm³/mol. The fourth-order valence-electron chi connectivity index (χ4n) is 4.70. The van der Waals surface area contributed by atoms with Crippen LogP contribution in [0.3, 0.4) is 0 Å². The maximum absolute atomic E-state index is 5.61. The fraction of sp³-hybridized carbons (Fsp3) is 0.538. The number of para-hydroxylation sites is 1. The number of nitrogens with zero attached hydrogens (tertiary/aromatic N) is 4. The lowest BCUT2D eigenvalue weighted by Gasteiger charge is -2.35. The highest BCUT2D eigenvalue weighted by Crippen LogP contribution is 2.29. The highest BCUT2D eigenvalue weighted by Gasteiger charge is 2.23. The second-order valence-corrected chi connectivity index (χ2v) is 9.59. The van der Waals surface area contributed by atoms with Gasteiger partial charge in [-0.25, -0.2) is 4.98 Å². The number of hydrogen-bond acceptors (Lipinski definition) is 6. The molecule has 2 fully saturated rings. The number of nitrogens with one attached hydrogen (secondary N) is 1. The molecule has 2 aliphatic heterocycles. The molecule has 3 heterocycles. The average molecular weight is 562 g/mol. The minimum atomic E-state index is 0.400. The Hall–Kier alpha value is -2.03. The third-order valence-corrected chi connectivity index (χ3v) is 7.39. The largest absolute Gasteiger partial charge is 0.500 e. The summed E-state index contributed by atoms with van der Waals surface area (Å²) in [5, 5.41) is 3.82. The summed E-state index contributed by atoms with van der Waals surface area (Å²) in [4.78, 5) is 14.9. The van der Waals surface area contributed by atoms with Gasteiger partial charge in [0.25, 0.3) is 0 Å². The molecule has 1 aromatic heterocycles. The molecule has 178 valence electrons. The van der Waals surface area contributed by atoms with Gasteiger partial charge >= 0.3 is 0 Å². The molecule has 2 saturated heterocycles. The normalized spacial score (nSPS) is 17.8. The van der Waals surface area contributed by atoms with E-state index in [0.717, 1.165) is 78.7 Å². The van der Waals surface area contributed by atoms with Gasteiger partial charge in [-0.05, 0) is 56.7 Å². The Bertz CT molecular complexity index is 916. The van der Waals surface area contributed by atoms with Gasteiger partial charge in [-0.1, -0.05) is 47.7 Å². The number of methoxy groups -OCH3 is 1. The van der Waals surface area contributed by atoms with E-state index in [1.807, 2.05) is 0 Å². The number of halogens is 1. The number of aryl methyl sites for hydroxylation is 1. The summed E-state index contributed by atoms with van der Waals surface area (Å²) in [6.07, 6.45) is 8.92. The SMILES string of the molecule is CCc1nc(N2CCCCC2)nc(NC2CCN(c3ccccc3)CC2)c1/C=C(\CI)OC. The monoisotopic (exact) mass is 561 g/mol. The maximum Gasteiger partial charge on any atom is 0.227 e. The van der Waals surface area contributed by atoms with Gasteiger partial charge in [-0.2, -0.15) is 4.98 Å². The van der Waals surface area contributed by atoms with E-state index in [-0.39, 0.29) is 0 Å². The van der Waals surface area contributed by atoms with Gasteiger partial charge in [0.15, 0.2) is 0 Å². The summed E-state index contributed by atoms with van der Waals surface area (Å²) in [5.74, 6) is 2.78. The summed E-state index contributed by atoms with van der Waals surface area (Å²) >= 11 is 2.35. The third kappa shape index (κ3) is 6.11. The molecule has 0 atom stereocenters. The summed E-state index contributed by atoms with van der Waals surface area (Å²) in [5.41, 5.74) is 3.49. The van der Waals surface area contributed by atoms with Gasteiger partial charge in [0.1, 0.15) is 11.6 Å². The molecule has 33 heavy (non-hydrogen) atoms. The van der Waals surface area contributed by atoms with Gasteiger partial charge in [0, 0.05) is 43.5 Å². The van der Waals surface area contributed by atoms with Crippen LogP contribution in [0.2, 0.25) is 0 Å². The van der Waals surface area contributed by atoms with Gasteiger partial charge in [-0.15, -0.1) is 0 Å². The lowest BCUT2D eigenvalue weighted by Crippen LogP contribution is -2.39. The highest BCUT2D eigenvalue weighted by atomic mass is 127. The molecule has 0 unspecified atom stereocenters. The maximum atomic E-state index is 5.61. The number of ether oxygens (including phenoxy) is 1. The van der Waals surface area contributed by atoms with Gasteiger partial charge in [0.05, 0.1) is 17.2 Å². The quantitative estimate of drug-likeness (QED) is 0.260. The molecule has 4 rings (SSSR count). The van der Waals surface area contributed by atoms with Crippen molar-refractivity contribution in [3.05, 3.63) is 47.3 Å². The Labute approximate surface area is 212 Å². The number of piperidine rings is 2. The molecule has 7 heteroatoms. The second kappa shape index (κ2) is 11.9. The van der Waals surface area contributed by atoms with E-state index in [2.05, 4.69) is 81.0 Å². The van der Waals surface area contributed by atoms with Crippen molar-refractivity contribution in [3.63, 3.8) is 0 Å². The lowest BCUT2D eigenvalue weighted by atomic mass is 10.0. The summed E-state index contributed by atoms with van der Waals surface area (Å²) in [6, 6.07) is 11.1. The van der Waals surface area contributed by atoms with Crippen LogP contribution in [-0.2, 0) is 11.2 Å². The Balaban J connectivity index is 1.58. The highest BCUT2D eigenvalue weighted by molar-refractivity contribution is 14.1. The fourth-order valence-corrected chi connectivity index (χ4v) is 5.23. The molecule has 0 amide bonds. The molecule has 0 saturated carbocycles. The molecule has 2 aliphatic rings. The van der Waals surface area contributed by atoms with Gasteiger partial charge in [0.2, 0.25) is 5.95 Å². The van der Waals surface area contributed by atoms with E-state index in [1.165, 1.54) is 24.9 Å². The van der Waals surface area contributed by atoms with E-state index in [9.17, 15) is 0 Å². The zero-order valence-corrected chi connectivity index (χ0v) is 22.1. The number of rotatable bonds is 8. The number of hydrogen-bond donors (Lipinski definition) is 1. The first-order valence-corrected chi connectivity index (χ1v) is 13.8. The lowest BCUT2D eigenvalue weighted by molar-refractivity contribution is 0.301. The molecule has 0 spiro atoms. The summed E-state index contributed by atoms with van der Waals surface area (Å²) in [6.45, 7) is 6.37. The van der Waals surface area contributed by atoms with Crippen molar-refractivity contribution >= 4 is 46.1 Å². The average Bonchev–Trinajstić information content (AvgIpc) is 2.89. The van der Waals surface area contributed by atoms with E-state index < -0.39 is 0 Å². The first-order valence-electron chi connectivity index (χ1n) is 12.2. The molecule has 0 aliphatic carbocycles. The zero-order valence-electron chi connectivity index (χ0n) is 19.9. The Morgan fingerprint density at radius 1 is 1.06 bits per heavy atom. The van der Waals surface area contributed by atoms with Crippen LogP contribution < -0.4 is 15.1 Å². The minimum Gasteiger partial charge on any atom is -0.500 e. The van der Waals surface area contributed by atoms with Gasteiger partial charge < -0.3 is 19.9 Å². The van der Waals surface area contributed by atoms with E-state index >= 15 is 0 Å². The molecule has 0 radical (unpaired) electrons. The third-order valence-electron chi connectivity index (χ3n) is 6.64. The predicted octanol–water partition coefficient (Wildman–Crippen LogP) is 5.53. The Morgan fingerprint density at radius 2 is 1.79 bits per heavy atom. The van der Waals surface area contributed by atoms with Crippen LogP contribution >= 0.6 is 22.6 Å². The molecular formula is C26H36IN5O. The van der Waals surface area contributed by atoms with Crippen molar-refractivity contribution in [1.82, 2.24) is 9.97 Å². The van der Waals surface area contributed by atoms with Crippen molar-refractivity contribution < 1.29 is 4.74 Å². The minimum absolute atomic E-state index is 0.400. The van der Waals surface area contributed by atoms with Crippen molar-refractivity contribution in [3.8, 4) is 0 Å². The second-order valence-electron chi connectivity index (χ2n) is 8.82. The van der Waals surface area contributed by atoms with Crippen LogP contribution in [0.5, 0.6) is 0 Å². The van der Waals surface area contributed by atoms with Crippen molar-refractivity contribution in [2.75, 3.05) is 52.8 Å². The van der Waals surface area contributed by atoms with Crippen LogP contribution in [0.15, 0.2) is 36.1 Å². The number of allylic oxidation sites excluding steroid dienone is 1. The Morgan fingerprint density at radius 3 is 2.42 bits per heavy atom. The molecule has 1 aromatic carbocycles. The first kappa shape index (κ1) is 24.1. The van der Waals surface area contributed by atoms with E-state index in [1.54, 1.807) is 7.11 Å². The summed E-state index contributed by atoms with van der Waals surface area (Å²) < 4.78 is 6.43. The van der Waals surface area contributed by atoms with Crippen LogP contribution in [0.25, 0.3) is 6.08 Å². The number of benzene rings is 1. The number of alkyl halides is 1. The topological polar surface area (TPSA) is 53.5 Å². The molecule has 0 bridgehead atoms. The van der Waals surface area contributed by atoms with E-state index in [4.69, 9.17) is 14.7 Å². The first-order chi connectivity index (χ1) is 16.2. The Kier molecular flexibility index (Phi) is 8.69. The number of anilines is 3. The smallest absolute Gasteiger partial charge is 0.227 e. The zero-order chi connectivity index (χ0) is 23.0. The molecule has 1 N–H and O–H groups in total. The van der Waals surface area contributed by atoms with Crippen LogP contribution in [0, 0.1) is 0 Å². The van der Waals surface area contributed by atoms with Crippen molar-refractivity contribution in [2.45, 2.75) is 51.5 Å².